The fourth-order valence-electron chi connectivity index (χ4n) is 1.67. The van der Waals surface area contributed by atoms with Crippen LogP contribution in [0.3, 0.4) is 0 Å². The zero-order chi connectivity index (χ0) is 11.7. The zero-order valence-corrected chi connectivity index (χ0v) is 9.57. The van der Waals surface area contributed by atoms with E-state index in [9.17, 15) is 0 Å². The summed E-state index contributed by atoms with van der Waals surface area (Å²) in [4.78, 5) is 3.93. The molecule has 0 atom stereocenters. The van der Waals surface area contributed by atoms with Crippen LogP contribution < -0.4 is 5.32 Å². The Balaban J connectivity index is 1.94. The van der Waals surface area contributed by atoms with Crippen molar-refractivity contribution >= 4 is 33.9 Å². The molecule has 0 saturated heterocycles. The topological polar surface area (TPSA) is 53.6 Å². The van der Waals surface area contributed by atoms with Crippen molar-refractivity contribution in [3.8, 4) is 0 Å². The van der Waals surface area contributed by atoms with Crippen molar-refractivity contribution in [2.45, 2.75) is 0 Å². The standard InChI is InChI=1S/C12H9ClN4/c13-12-6-10(3-4-14-12)16-9-1-2-11-8(5-9)7-15-17-11/h1-7H,(H,14,16)(H,15,17). The van der Waals surface area contributed by atoms with E-state index in [1.807, 2.05) is 24.3 Å². The van der Waals surface area contributed by atoms with Gasteiger partial charge in [0.2, 0.25) is 0 Å². The summed E-state index contributed by atoms with van der Waals surface area (Å²) < 4.78 is 0. The highest BCUT2D eigenvalue weighted by Gasteiger charge is 1.99. The highest BCUT2D eigenvalue weighted by atomic mass is 35.5. The van der Waals surface area contributed by atoms with Crippen molar-refractivity contribution in [1.29, 1.82) is 0 Å². The summed E-state index contributed by atoms with van der Waals surface area (Å²) in [5.74, 6) is 0. The van der Waals surface area contributed by atoms with Crippen LogP contribution in [0, 0.1) is 0 Å². The Labute approximate surface area is 103 Å². The molecule has 1 aromatic carbocycles. The van der Waals surface area contributed by atoms with Crippen molar-refractivity contribution in [1.82, 2.24) is 15.2 Å². The Hall–Kier alpha value is -2.07. The molecule has 2 aromatic heterocycles. The maximum absolute atomic E-state index is 5.82. The van der Waals surface area contributed by atoms with E-state index in [2.05, 4.69) is 20.5 Å². The van der Waals surface area contributed by atoms with Gasteiger partial charge in [-0.25, -0.2) is 4.98 Å². The van der Waals surface area contributed by atoms with Gasteiger partial charge in [0.1, 0.15) is 5.15 Å². The Morgan fingerprint density at radius 3 is 2.88 bits per heavy atom. The van der Waals surface area contributed by atoms with Gasteiger partial charge in [-0.05, 0) is 30.3 Å². The van der Waals surface area contributed by atoms with Gasteiger partial charge in [-0.1, -0.05) is 11.6 Å². The number of nitrogens with zero attached hydrogens (tertiary/aromatic N) is 2. The first-order valence-electron chi connectivity index (χ1n) is 5.13. The van der Waals surface area contributed by atoms with E-state index in [4.69, 9.17) is 11.6 Å². The molecule has 2 heterocycles. The molecule has 3 aromatic rings. The Morgan fingerprint density at radius 2 is 2.00 bits per heavy atom. The number of aromatic amines is 1. The van der Waals surface area contributed by atoms with Gasteiger partial charge in [0, 0.05) is 23.0 Å². The first kappa shape index (κ1) is 10.1. The minimum Gasteiger partial charge on any atom is -0.355 e. The van der Waals surface area contributed by atoms with Gasteiger partial charge in [-0.2, -0.15) is 5.10 Å². The number of hydrogen-bond donors (Lipinski definition) is 2. The monoisotopic (exact) mass is 244 g/mol. The van der Waals surface area contributed by atoms with Gasteiger partial charge in [-0.3, -0.25) is 5.10 Å². The minimum absolute atomic E-state index is 0.472. The highest BCUT2D eigenvalue weighted by molar-refractivity contribution is 6.29. The summed E-state index contributed by atoms with van der Waals surface area (Å²) in [5.41, 5.74) is 2.91. The summed E-state index contributed by atoms with van der Waals surface area (Å²) in [6.45, 7) is 0. The number of pyridine rings is 1. The predicted molar refractivity (Wildman–Crippen MR) is 68.6 cm³/mol. The number of H-pyrrole nitrogens is 1. The van der Waals surface area contributed by atoms with Crippen LogP contribution >= 0.6 is 11.6 Å². The molecule has 0 spiro atoms. The smallest absolute Gasteiger partial charge is 0.131 e. The molecule has 2 N–H and O–H groups in total. The number of benzene rings is 1. The van der Waals surface area contributed by atoms with E-state index in [0.717, 1.165) is 22.3 Å². The molecule has 0 amide bonds. The summed E-state index contributed by atoms with van der Waals surface area (Å²) in [7, 11) is 0. The predicted octanol–water partition coefficient (Wildman–Crippen LogP) is 3.35. The van der Waals surface area contributed by atoms with E-state index in [-0.39, 0.29) is 0 Å². The maximum atomic E-state index is 5.82. The lowest BCUT2D eigenvalue weighted by molar-refractivity contribution is 1.12. The van der Waals surface area contributed by atoms with Crippen molar-refractivity contribution in [2.24, 2.45) is 0 Å². The van der Waals surface area contributed by atoms with E-state index in [1.54, 1.807) is 18.5 Å². The summed E-state index contributed by atoms with van der Waals surface area (Å²) >= 11 is 5.82. The van der Waals surface area contributed by atoms with E-state index >= 15 is 0 Å². The van der Waals surface area contributed by atoms with Gasteiger partial charge in [-0.15, -0.1) is 0 Å². The SMILES string of the molecule is Clc1cc(Nc2ccc3[nH]ncc3c2)ccn1. The van der Waals surface area contributed by atoms with Gasteiger partial charge in [0.25, 0.3) is 0 Å². The molecule has 84 valence electrons. The van der Waals surface area contributed by atoms with E-state index < -0.39 is 0 Å². The van der Waals surface area contributed by atoms with Gasteiger partial charge in [0.05, 0.1) is 11.7 Å². The number of rotatable bonds is 2. The lowest BCUT2D eigenvalue weighted by atomic mass is 10.2. The number of fused-ring (bicyclic) bond motifs is 1. The van der Waals surface area contributed by atoms with Crippen LogP contribution in [0.5, 0.6) is 0 Å². The Morgan fingerprint density at radius 1 is 1.12 bits per heavy atom. The highest BCUT2D eigenvalue weighted by Crippen LogP contribution is 2.21. The number of nitrogens with one attached hydrogen (secondary N) is 2. The third-order valence-electron chi connectivity index (χ3n) is 2.46. The molecule has 0 unspecified atom stereocenters. The van der Waals surface area contributed by atoms with Crippen LogP contribution in [-0.2, 0) is 0 Å². The largest absolute Gasteiger partial charge is 0.355 e. The van der Waals surface area contributed by atoms with Crippen molar-refractivity contribution in [3.63, 3.8) is 0 Å². The fraction of sp³-hybridized carbons (Fsp3) is 0. The molecular weight excluding hydrogens is 236 g/mol. The van der Waals surface area contributed by atoms with Crippen LogP contribution in [0.15, 0.2) is 42.7 Å². The van der Waals surface area contributed by atoms with Crippen LogP contribution in [0.25, 0.3) is 10.9 Å². The second-order valence-corrected chi connectivity index (χ2v) is 4.05. The van der Waals surface area contributed by atoms with E-state index in [1.165, 1.54) is 0 Å². The minimum atomic E-state index is 0.472. The number of aromatic nitrogens is 3. The van der Waals surface area contributed by atoms with Crippen LogP contribution in [0.1, 0.15) is 0 Å². The van der Waals surface area contributed by atoms with E-state index in [0.29, 0.717) is 5.15 Å². The molecule has 0 radical (unpaired) electrons. The van der Waals surface area contributed by atoms with Crippen LogP contribution in [0.2, 0.25) is 5.15 Å². The van der Waals surface area contributed by atoms with Crippen molar-refractivity contribution < 1.29 is 0 Å². The summed E-state index contributed by atoms with van der Waals surface area (Å²) in [5, 5.41) is 11.7. The lowest BCUT2D eigenvalue weighted by Gasteiger charge is -2.06. The molecular formula is C12H9ClN4. The molecule has 0 saturated carbocycles. The number of anilines is 2. The Kier molecular flexibility index (Phi) is 2.42. The number of hydrogen-bond acceptors (Lipinski definition) is 3. The molecule has 0 bridgehead atoms. The zero-order valence-electron chi connectivity index (χ0n) is 8.81. The third-order valence-corrected chi connectivity index (χ3v) is 2.66. The molecule has 4 nitrogen and oxygen atoms in total. The second-order valence-electron chi connectivity index (χ2n) is 3.66. The van der Waals surface area contributed by atoms with Crippen molar-refractivity contribution in [3.05, 3.63) is 47.9 Å². The molecule has 3 rings (SSSR count). The maximum Gasteiger partial charge on any atom is 0.131 e. The normalized spacial score (nSPS) is 10.6. The third kappa shape index (κ3) is 2.07. The first-order valence-corrected chi connectivity index (χ1v) is 5.51. The van der Waals surface area contributed by atoms with Gasteiger partial charge >= 0.3 is 0 Å². The lowest BCUT2D eigenvalue weighted by Crippen LogP contribution is -1.90. The van der Waals surface area contributed by atoms with Gasteiger partial charge < -0.3 is 5.32 Å². The van der Waals surface area contributed by atoms with Gasteiger partial charge in [0.15, 0.2) is 0 Å². The first-order chi connectivity index (χ1) is 8.31. The average molecular weight is 245 g/mol. The second kappa shape index (κ2) is 4.07. The molecule has 17 heavy (non-hydrogen) atoms. The molecule has 5 heteroatoms. The van der Waals surface area contributed by atoms with Crippen LogP contribution in [0.4, 0.5) is 11.4 Å². The molecule has 0 fully saturated rings. The summed E-state index contributed by atoms with van der Waals surface area (Å²) in [6, 6.07) is 9.63. The fourth-order valence-corrected chi connectivity index (χ4v) is 1.84. The number of halogens is 1. The average Bonchev–Trinajstić information content (AvgIpc) is 2.76. The van der Waals surface area contributed by atoms with Crippen molar-refractivity contribution in [2.75, 3.05) is 5.32 Å². The molecule has 0 aliphatic rings. The van der Waals surface area contributed by atoms with Crippen LogP contribution in [-0.4, -0.2) is 15.2 Å². The molecule has 0 aliphatic heterocycles. The quantitative estimate of drug-likeness (QED) is 0.680. The summed E-state index contributed by atoms with van der Waals surface area (Å²) in [6.07, 6.45) is 3.46. The Bertz CT molecular complexity index is 662. The molecule has 0 aliphatic carbocycles.